The molecular weight excluding hydrogens is 245 g/mol. The van der Waals surface area contributed by atoms with E-state index in [1.807, 2.05) is 12.1 Å². The third-order valence-corrected chi connectivity index (χ3v) is 4.21. The Labute approximate surface area is 113 Å². The van der Waals surface area contributed by atoms with E-state index in [0.29, 0.717) is 12.0 Å². The van der Waals surface area contributed by atoms with Crippen LogP contribution in [0.5, 0.6) is 0 Å². The van der Waals surface area contributed by atoms with Gasteiger partial charge in [0.15, 0.2) is 0 Å². The van der Waals surface area contributed by atoms with Gasteiger partial charge in [0.25, 0.3) is 0 Å². The van der Waals surface area contributed by atoms with Gasteiger partial charge in [-0.05, 0) is 30.4 Å². The van der Waals surface area contributed by atoms with Gasteiger partial charge in [-0.3, -0.25) is 0 Å². The van der Waals surface area contributed by atoms with Crippen LogP contribution in [0.4, 0.5) is 4.39 Å². The van der Waals surface area contributed by atoms with E-state index in [2.05, 4.69) is 11.2 Å². The fourth-order valence-corrected chi connectivity index (χ4v) is 2.84. The minimum Gasteiger partial charge on any atom is -0.313 e. The number of terminal acetylenes is 1. The van der Waals surface area contributed by atoms with E-state index >= 15 is 0 Å². The number of halogens is 1. The molecular formula is C15H18FNS. The van der Waals surface area contributed by atoms with Gasteiger partial charge in [0.1, 0.15) is 5.82 Å². The van der Waals surface area contributed by atoms with E-state index in [1.54, 1.807) is 23.9 Å². The molecule has 1 aromatic carbocycles. The Morgan fingerprint density at radius 3 is 2.89 bits per heavy atom. The zero-order chi connectivity index (χ0) is 12.8. The molecule has 0 saturated heterocycles. The Bertz CT molecular complexity index is 421. The minimum atomic E-state index is -0.0643. The summed E-state index contributed by atoms with van der Waals surface area (Å²) < 4.78 is 13.5. The van der Waals surface area contributed by atoms with Crippen molar-refractivity contribution >= 4 is 11.8 Å². The molecule has 0 heterocycles. The van der Waals surface area contributed by atoms with Crippen molar-refractivity contribution in [2.75, 3.05) is 18.1 Å². The van der Waals surface area contributed by atoms with Gasteiger partial charge in [0.2, 0.25) is 0 Å². The van der Waals surface area contributed by atoms with Crippen molar-refractivity contribution in [3.05, 3.63) is 35.6 Å². The van der Waals surface area contributed by atoms with Crippen molar-refractivity contribution in [1.29, 1.82) is 0 Å². The molecule has 0 bridgehead atoms. The van der Waals surface area contributed by atoms with Crippen LogP contribution in [0.25, 0.3) is 0 Å². The van der Waals surface area contributed by atoms with Crippen molar-refractivity contribution in [3.8, 4) is 12.3 Å². The zero-order valence-electron chi connectivity index (χ0n) is 10.4. The average Bonchev–Trinajstić information content (AvgIpc) is 2.33. The highest BCUT2D eigenvalue weighted by molar-refractivity contribution is 7.99. The van der Waals surface area contributed by atoms with Crippen LogP contribution in [0.15, 0.2) is 24.3 Å². The lowest BCUT2D eigenvalue weighted by molar-refractivity contribution is 0.291. The molecule has 1 aliphatic carbocycles. The summed E-state index contributed by atoms with van der Waals surface area (Å²) in [5, 5.41) is 3.49. The van der Waals surface area contributed by atoms with Crippen molar-refractivity contribution in [2.24, 2.45) is 0 Å². The van der Waals surface area contributed by atoms with Gasteiger partial charge in [-0.2, -0.15) is 0 Å². The molecule has 0 unspecified atom stereocenters. The molecule has 1 saturated carbocycles. The lowest BCUT2D eigenvalue weighted by atomic mass is 9.75. The van der Waals surface area contributed by atoms with E-state index in [1.165, 1.54) is 0 Å². The summed E-state index contributed by atoms with van der Waals surface area (Å²) >= 11 is 1.77. The quantitative estimate of drug-likeness (QED) is 0.625. The standard InChI is InChI=1S/C15H18FNS/c1-2-8-18-9-7-17-13-10-12(11-13)14-5-3-4-6-15(14)16/h1,3-6,12-13,17H,7-11H2. The predicted octanol–water partition coefficient (Wildman–Crippen LogP) is 3.03. The highest BCUT2D eigenvalue weighted by atomic mass is 32.2. The maximum absolute atomic E-state index is 13.5. The summed E-state index contributed by atoms with van der Waals surface area (Å²) in [6, 6.07) is 7.65. The molecule has 0 spiro atoms. The molecule has 1 aliphatic rings. The van der Waals surface area contributed by atoms with Crippen molar-refractivity contribution < 1.29 is 4.39 Å². The molecule has 0 amide bonds. The summed E-state index contributed by atoms with van der Waals surface area (Å²) in [6.07, 6.45) is 7.26. The molecule has 96 valence electrons. The topological polar surface area (TPSA) is 12.0 Å². The third-order valence-electron chi connectivity index (χ3n) is 3.35. The number of hydrogen-bond acceptors (Lipinski definition) is 2. The molecule has 0 aromatic heterocycles. The Kier molecular flexibility index (Phi) is 5.10. The summed E-state index contributed by atoms with van der Waals surface area (Å²) in [4.78, 5) is 0. The van der Waals surface area contributed by atoms with Crippen LogP contribution in [0, 0.1) is 18.2 Å². The van der Waals surface area contributed by atoms with Crippen molar-refractivity contribution in [3.63, 3.8) is 0 Å². The van der Waals surface area contributed by atoms with Gasteiger partial charge < -0.3 is 5.32 Å². The molecule has 3 heteroatoms. The monoisotopic (exact) mass is 263 g/mol. The van der Waals surface area contributed by atoms with Gasteiger partial charge in [-0.1, -0.05) is 24.1 Å². The molecule has 1 nitrogen and oxygen atoms in total. The Balaban J connectivity index is 1.65. The number of hydrogen-bond donors (Lipinski definition) is 1. The van der Waals surface area contributed by atoms with Crippen LogP contribution in [0.2, 0.25) is 0 Å². The van der Waals surface area contributed by atoms with Crippen LogP contribution in [-0.4, -0.2) is 24.1 Å². The molecule has 0 atom stereocenters. The maximum Gasteiger partial charge on any atom is 0.126 e. The second-order valence-electron chi connectivity index (χ2n) is 4.60. The third kappa shape index (κ3) is 3.51. The van der Waals surface area contributed by atoms with E-state index in [-0.39, 0.29) is 5.82 Å². The first kappa shape index (κ1) is 13.5. The number of thioether (sulfide) groups is 1. The highest BCUT2D eigenvalue weighted by Crippen LogP contribution is 2.37. The van der Waals surface area contributed by atoms with Gasteiger partial charge in [-0.15, -0.1) is 18.2 Å². The highest BCUT2D eigenvalue weighted by Gasteiger charge is 2.31. The second-order valence-corrected chi connectivity index (χ2v) is 5.70. The Morgan fingerprint density at radius 1 is 1.39 bits per heavy atom. The minimum absolute atomic E-state index is 0.0643. The number of nitrogens with one attached hydrogen (secondary N) is 1. The fraction of sp³-hybridized carbons (Fsp3) is 0.467. The van der Waals surface area contributed by atoms with Crippen LogP contribution >= 0.6 is 11.8 Å². The lowest BCUT2D eigenvalue weighted by Gasteiger charge is -2.36. The second kappa shape index (κ2) is 6.82. The van der Waals surface area contributed by atoms with Crippen LogP contribution in [-0.2, 0) is 0 Å². The molecule has 0 aliphatic heterocycles. The van der Waals surface area contributed by atoms with Gasteiger partial charge in [0, 0.05) is 18.3 Å². The fourth-order valence-electron chi connectivity index (χ4n) is 2.31. The number of benzene rings is 1. The Hall–Kier alpha value is -0.980. The molecule has 1 fully saturated rings. The van der Waals surface area contributed by atoms with E-state index in [4.69, 9.17) is 6.42 Å². The average molecular weight is 263 g/mol. The largest absolute Gasteiger partial charge is 0.313 e. The lowest BCUT2D eigenvalue weighted by Crippen LogP contribution is -2.41. The van der Waals surface area contributed by atoms with E-state index in [9.17, 15) is 4.39 Å². The first-order chi connectivity index (χ1) is 8.81. The van der Waals surface area contributed by atoms with Gasteiger partial charge in [-0.25, -0.2) is 4.39 Å². The van der Waals surface area contributed by atoms with Crippen LogP contribution < -0.4 is 5.32 Å². The zero-order valence-corrected chi connectivity index (χ0v) is 11.2. The Morgan fingerprint density at radius 2 is 2.17 bits per heavy atom. The first-order valence-corrected chi connectivity index (χ1v) is 7.45. The summed E-state index contributed by atoms with van der Waals surface area (Å²) in [5.41, 5.74) is 0.872. The van der Waals surface area contributed by atoms with Crippen LogP contribution in [0.3, 0.4) is 0 Å². The van der Waals surface area contributed by atoms with E-state index < -0.39 is 0 Å². The van der Waals surface area contributed by atoms with Crippen molar-refractivity contribution in [2.45, 2.75) is 24.8 Å². The maximum atomic E-state index is 13.5. The molecule has 18 heavy (non-hydrogen) atoms. The molecule has 2 rings (SSSR count). The summed E-state index contributed by atoms with van der Waals surface area (Å²) in [6.45, 7) is 0.987. The summed E-state index contributed by atoms with van der Waals surface area (Å²) in [5.74, 6) is 4.77. The predicted molar refractivity (Wildman–Crippen MR) is 76.3 cm³/mol. The van der Waals surface area contributed by atoms with Gasteiger partial charge >= 0.3 is 0 Å². The first-order valence-electron chi connectivity index (χ1n) is 6.30. The van der Waals surface area contributed by atoms with Crippen LogP contribution in [0.1, 0.15) is 24.3 Å². The smallest absolute Gasteiger partial charge is 0.126 e. The number of rotatable bonds is 6. The van der Waals surface area contributed by atoms with Crippen molar-refractivity contribution in [1.82, 2.24) is 5.32 Å². The van der Waals surface area contributed by atoms with Gasteiger partial charge in [0.05, 0.1) is 5.75 Å². The van der Waals surface area contributed by atoms with E-state index in [0.717, 1.165) is 36.5 Å². The molecule has 1 aromatic rings. The molecule has 0 radical (unpaired) electrons. The SMILES string of the molecule is C#CCSCCNC1CC(c2ccccc2F)C1. The summed E-state index contributed by atoms with van der Waals surface area (Å²) in [7, 11) is 0. The molecule has 1 N–H and O–H groups in total. The normalized spacial score (nSPS) is 22.2.